The number of hydrogen-bond donors (Lipinski definition) is 0. The van der Waals surface area contributed by atoms with Gasteiger partial charge in [0, 0.05) is 23.9 Å². The van der Waals surface area contributed by atoms with Crippen LogP contribution in [-0.4, -0.2) is 38.6 Å². The van der Waals surface area contributed by atoms with E-state index < -0.39 is 0 Å². The van der Waals surface area contributed by atoms with Gasteiger partial charge in [0.2, 0.25) is 0 Å². The fraction of sp³-hybridized carbons (Fsp3) is 0.269. The van der Waals surface area contributed by atoms with Crippen molar-refractivity contribution in [1.29, 1.82) is 0 Å². The summed E-state index contributed by atoms with van der Waals surface area (Å²) in [5.74, 6) is 0.777. The molecule has 0 unspecified atom stereocenters. The van der Waals surface area contributed by atoms with E-state index >= 15 is 0 Å². The third-order valence-electron chi connectivity index (χ3n) is 5.60. The molecule has 1 amide bonds. The summed E-state index contributed by atoms with van der Waals surface area (Å²) in [6.07, 6.45) is 7.04. The van der Waals surface area contributed by atoms with Gasteiger partial charge in [-0.1, -0.05) is 61.9 Å². The molecule has 4 rings (SSSR count). The Morgan fingerprint density at radius 3 is 2.64 bits per heavy atom. The van der Waals surface area contributed by atoms with Crippen molar-refractivity contribution < 1.29 is 9.53 Å². The fourth-order valence-corrected chi connectivity index (χ4v) is 5.10. The highest BCUT2D eigenvalue weighted by atomic mass is 32.2. The van der Waals surface area contributed by atoms with E-state index in [0.717, 1.165) is 53.1 Å². The summed E-state index contributed by atoms with van der Waals surface area (Å²) in [6.45, 7) is 4.86. The number of aromatic nitrogens is 2. The maximum atomic E-state index is 13.1. The lowest BCUT2D eigenvalue weighted by Crippen LogP contribution is -2.28. The number of rotatable bonds is 8. The van der Waals surface area contributed by atoms with E-state index in [2.05, 4.69) is 6.92 Å². The largest absolute Gasteiger partial charge is 0.497 e. The Bertz CT molecular complexity index is 1200. The SMILES string of the molecule is CCCCCN1C(=O)/C(=C/c2cn(-c3ccccc3)nc2-c2ccc(OC)cc2C)SC1=S. The Kier molecular flexibility index (Phi) is 7.30. The van der Waals surface area contributed by atoms with Gasteiger partial charge in [-0.25, -0.2) is 4.68 Å². The molecule has 0 N–H and O–H groups in total. The van der Waals surface area contributed by atoms with Crippen molar-refractivity contribution in [3.8, 4) is 22.7 Å². The van der Waals surface area contributed by atoms with E-state index in [1.807, 2.05) is 72.4 Å². The number of thiocarbonyl (C=S) groups is 1. The zero-order valence-electron chi connectivity index (χ0n) is 19.1. The Labute approximate surface area is 204 Å². The molecule has 2 aromatic carbocycles. The topological polar surface area (TPSA) is 47.4 Å². The zero-order chi connectivity index (χ0) is 23.4. The summed E-state index contributed by atoms with van der Waals surface area (Å²) in [6, 6.07) is 15.9. The molecule has 170 valence electrons. The van der Waals surface area contributed by atoms with Crippen LogP contribution in [0.4, 0.5) is 0 Å². The van der Waals surface area contributed by atoms with Gasteiger partial charge in [0.1, 0.15) is 15.8 Å². The van der Waals surface area contributed by atoms with Gasteiger partial charge in [-0.3, -0.25) is 9.69 Å². The fourth-order valence-electron chi connectivity index (χ4n) is 3.80. The molecule has 2 heterocycles. The lowest BCUT2D eigenvalue weighted by Gasteiger charge is -2.13. The van der Waals surface area contributed by atoms with Gasteiger partial charge in [0.05, 0.1) is 17.7 Å². The second kappa shape index (κ2) is 10.4. The third kappa shape index (κ3) is 5.04. The van der Waals surface area contributed by atoms with Gasteiger partial charge in [-0.15, -0.1) is 0 Å². The van der Waals surface area contributed by atoms with Crippen molar-refractivity contribution >= 4 is 40.3 Å². The number of carbonyl (C=O) groups excluding carboxylic acids is 1. The second-order valence-electron chi connectivity index (χ2n) is 7.93. The molecule has 0 radical (unpaired) electrons. The lowest BCUT2D eigenvalue weighted by molar-refractivity contribution is -0.122. The third-order valence-corrected chi connectivity index (χ3v) is 6.98. The Morgan fingerprint density at radius 1 is 1.15 bits per heavy atom. The van der Waals surface area contributed by atoms with Crippen molar-refractivity contribution in [3.05, 3.63) is 70.8 Å². The highest BCUT2D eigenvalue weighted by Gasteiger charge is 2.32. The predicted octanol–water partition coefficient (Wildman–Crippen LogP) is 6.25. The average molecular weight is 478 g/mol. The van der Waals surface area contributed by atoms with E-state index in [-0.39, 0.29) is 5.91 Å². The molecule has 0 atom stereocenters. The zero-order valence-corrected chi connectivity index (χ0v) is 20.7. The maximum Gasteiger partial charge on any atom is 0.266 e. The van der Waals surface area contributed by atoms with Crippen LogP contribution in [0.15, 0.2) is 59.6 Å². The molecule has 33 heavy (non-hydrogen) atoms. The number of methoxy groups -OCH3 is 1. The van der Waals surface area contributed by atoms with Gasteiger partial charge in [-0.05, 0) is 55.3 Å². The van der Waals surface area contributed by atoms with Crippen LogP contribution in [0.25, 0.3) is 23.0 Å². The predicted molar refractivity (Wildman–Crippen MR) is 140 cm³/mol. The summed E-state index contributed by atoms with van der Waals surface area (Å²) in [5, 5.41) is 4.90. The molecule has 0 aliphatic carbocycles. The molecular weight excluding hydrogens is 450 g/mol. The summed E-state index contributed by atoms with van der Waals surface area (Å²) < 4.78 is 7.85. The van der Waals surface area contributed by atoms with Crippen molar-refractivity contribution in [2.75, 3.05) is 13.7 Å². The molecule has 7 heteroatoms. The van der Waals surface area contributed by atoms with E-state index in [0.29, 0.717) is 15.8 Å². The second-order valence-corrected chi connectivity index (χ2v) is 9.61. The molecule has 1 aliphatic heterocycles. The Balaban J connectivity index is 1.75. The minimum absolute atomic E-state index is 0.0223. The van der Waals surface area contributed by atoms with Crippen LogP contribution in [0.1, 0.15) is 37.3 Å². The minimum atomic E-state index is -0.0223. The first-order chi connectivity index (χ1) is 16.0. The van der Waals surface area contributed by atoms with Gasteiger partial charge >= 0.3 is 0 Å². The number of unbranched alkanes of at least 4 members (excludes halogenated alkanes) is 2. The average Bonchev–Trinajstić information content (AvgIpc) is 3.36. The lowest BCUT2D eigenvalue weighted by atomic mass is 10.0. The van der Waals surface area contributed by atoms with E-state index in [1.165, 1.54) is 11.8 Å². The van der Waals surface area contributed by atoms with Crippen LogP contribution in [0, 0.1) is 6.92 Å². The molecule has 0 bridgehead atoms. The van der Waals surface area contributed by atoms with Crippen LogP contribution in [0.3, 0.4) is 0 Å². The minimum Gasteiger partial charge on any atom is -0.497 e. The molecule has 1 aliphatic rings. The number of amides is 1. The number of aryl methyl sites for hydroxylation is 1. The maximum absolute atomic E-state index is 13.1. The Hall–Kier alpha value is -2.90. The number of ether oxygens (including phenoxy) is 1. The first kappa shape index (κ1) is 23.3. The van der Waals surface area contributed by atoms with Crippen molar-refractivity contribution in [2.24, 2.45) is 0 Å². The van der Waals surface area contributed by atoms with E-state index in [4.69, 9.17) is 22.1 Å². The van der Waals surface area contributed by atoms with Gasteiger partial charge in [0.15, 0.2) is 0 Å². The molecular formula is C26H27N3O2S2. The number of para-hydroxylation sites is 1. The molecule has 3 aromatic rings. The van der Waals surface area contributed by atoms with Crippen LogP contribution >= 0.6 is 24.0 Å². The molecule has 0 spiro atoms. The summed E-state index contributed by atoms with van der Waals surface area (Å²) in [4.78, 5) is 15.5. The number of carbonyl (C=O) groups is 1. The van der Waals surface area contributed by atoms with Gasteiger partial charge < -0.3 is 4.74 Å². The monoisotopic (exact) mass is 477 g/mol. The van der Waals surface area contributed by atoms with Crippen molar-refractivity contribution in [1.82, 2.24) is 14.7 Å². The van der Waals surface area contributed by atoms with E-state index in [9.17, 15) is 4.79 Å². The number of nitrogens with zero attached hydrogens (tertiary/aromatic N) is 3. The first-order valence-electron chi connectivity index (χ1n) is 11.1. The van der Waals surface area contributed by atoms with Crippen LogP contribution in [0.5, 0.6) is 5.75 Å². The smallest absolute Gasteiger partial charge is 0.266 e. The van der Waals surface area contributed by atoms with Crippen molar-refractivity contribution in [2.45, 2.75) is 33.1 Å². The standard InChI is InChI=1S/C26H27N3O2S2/c1-4-5-9-14-28-25(30)23(33-26(28)32)16-19-17-29(20-10-7-6-8-11-20)27-24(19)22-13-12-21(31-3)15-18(22)2/h6-8,10-13,15-17H,4-5,9,14H2,1-3H3/b23-16-. The summed E-state index contributed by atoms with van der Waals surface area (Å²) in [7, 11) is 1.66. The quantitative estimate of drug-likeness (QED) is 0.218. The number of benzene rings is 2. The van der Waals surface area contributed by atoms with Crippen LogP contribution < -0.4 is 4.74 Å². The number of thioether (sulfide) groups is 1. The summed E-state index contributed by atoms with van der Waals surface area (Å²) in [5.41, 5.74) is 4.69. The molecule has 0 saturated carbocycles. The normalized spacial score (nSPS) is 15.0. The molecule has 5 nitrogen and oxygen atoms in total. The highest BCUT2D eigenvalue weighted by Crippen LogP contribution is 2.36. The summed E-state index contributed by atoms with van der Waals surface area (Å²) >= 11 is 6.88. The molecule has 1 saturated heterocycles. The first-order valence-corrected chi connectivity index (χ1v) is 12.3. The Morgan fingerprint density at radius 2 is 1.94 bits per heavy atom. The van der Waals surface area contributed by atoms with E-state index in [1.54, 1.807) is 12.0 Å². The van der Waals surface area contributed by atoms with Crippen LogP contribution in [-0.2, 0) is 4.79 Å². The highest BCUT2D eigenvalue weighted by molar-refractivity contribution is 8.26. The molecule has 1 fully saturated rings. The van der Waals surface area contributed by atoms with Crippen molar-refractivity contribution in [3.63, 3.8) is 0 Å². The number of hydrogen-bond acceptors (Lipinski definition) is 5. The molecule has 1 aromatic heterocycles. The van der Waals surface area contributed by atoms with Gasteiger partial charge in [-0.2, -0.15) is 5.10 Å². The van der Waals surface area contributed by atoms with Gasteiger partial charge in [0.25, 0.3) is 5.91 Å². The van der Waals surface area contributed by atoms with Crippen LogP contribution in [0.2, 0.25) is 0 Å².